The average molecular weight is 287 g/mol. The molecule has 0 bridgehead atoms. The maximum absolute atomic E-state index is 11.9. The quantitative estimate of drug-likeness (QED) is 0.458. The lowest BCUT2D eigenvalue weighted by Crippen LogP contribution is -2.35. The lowest BCUT2D eigenvalue weighted by molar-refractivity contribution is -0.0816. The van der Waals surface area contributed by atoms with Crippen molar-refractivity contribution >= 4 is 24.3 Å². The first-order valence-corrected chi connectivity index (χ1v) is 6.29. The Bertz CT molecular complexity index is 560. The molecule has 6 heteroatoms. The van der Waals surface area contributed by atoms with Crippen LogP contribution in [-0.2, 0) is 9.63 Å². The first-order valence-electron chi connectivity index (χ1n) is 6.29. The Labute approximate surface area is 123 Å². The molecule has 21 heavy (non-hydrogen) atoms. The first-order chi connectivity index (χ1) is 10.1. The second-order valence-electron chi connectivity index (χ2n) is 3.91. The predicted octanol–water partition coefficient (Wildman–Crippen LogP) is 2.31. The van der Waals surface area contributed by atoms with Crippen LogP contribution >= 0.6 is 0 Å². The number of carbonyl (C=O) groups excluding carboxylic acids is 2. The molecule has 0 spiro atoms. The third kappa shape index (κ3) is 5.06. The molecule has 0 aliphatic rings. The number of hydrogen-bond acceptors (Lipinski definition) is 4. The van der Waals surface area contributed by atoms with Gasteiger partial charge >= 0.3 is 6.03 Å². The highest BCUT2D eigenvalue weighted by molar-refractivity contribution is 5.82. The number of amides is 2. The second kappa shape index (κ2) is 8.47. The summed E-state index contributed by atoms with van der Waals surface area (Å²) in [5, 5.41) is 5.84. The molecule has 0 unspecified atom stereocenters. The summed E-state index contributed by atoms with van der Waals surface area (Å²) in [6, 6.07) is 6.88. The number of carbonyl (C=O) groups is 1. The number of hydrogen-bond donors (Lipinski definition) is 0. The zero-order chi connectivity index (χ0) is 15.7. The van der Waals surface area contributed by atoms with Crippen LogP contribution in [-0.4, -0.2) is 41.9 Å². The highest BCUT2D eigenvalue weighted by atomic mass is 16.7. The van der Waals surface area contributed by atoms with E-state index in [9.17, 15) is 9.59 Å². The van der Waals surface area contributed by atoms with E-state index in [-0.39, 0.29) is 6.61 Å². The molecule has 0 fully saturated rings. The number of hydroxylamine groups is 2. The summed E-state index contributed by atoms with van der Waals surface area (Å²) in [6.07, 6.45) is 4.14. The standard InChI is InChI=1S/C15H17N3O3/c1-4-13-6-8-14(9-7-13)12-16-17(3)15(20)18(10-11-19)21-5-2/h4,6-10,12H,1,5H2,2-3H3. The summed E-state index contributed by atoms with van der Waals surface area (Å²) >= 11 is 0. The largest absolute Gasteiger partial charge is 0.368 e. The van der Waals surface area contributed by atoms with Crippen molar-refractivity contribution in [3.63, 3.8) is 0 Å². The monoisotopic (exact) mass is 287 g/mol. The van der Waals surface area contributed by atoms with Crippen molar-refractivity contribution in [2.24, 2.45) is 5.10 Å². The van der Waals surface area contributed by atoms with E-state index in [0.29, 0.717) is 0 Å². The fourth-order valence-electron chi connectivity index (χ4n) is 1.40. The molecule has 6 nitrogen and oxygen atoms in total. The van der Waals surface area contributed by atoms with Crippen LogP contribution in [0.2, 0.25) is 0 Å². The maximum Gasteiger partial charge on any atom is 0.368 e. The molecule has 0 aliphatic heterocycles. The van der Waals surface area contributed by atoms with Crippen LogP contribution in [0.1, 0.15) is 18.1 Å². The van der Waals surface area contributed by atoms with Gasteiger partial charge < -0.3 is 0 Å². The molecule has 2 amide bonds. The molecule has 0 aliphatic carbocycles. The molecule has 0 saturated carbocycles. The van der Waals surface area contributed by atoms with Crippen molar-refractivity contribution in [1.29, 1.82) is 0 Å². The van der Waals surface area contributed by atoms with E-state index < -0.39 is 6.03 Å². The molecule has 0 radical (unpaired) electrons. The van der Waals surface area contributed by atoms with Gasteiger partial charge in [-0.05, 0) is 18.1 Å². The van der Waals surface area contributed by atoms with Gasteiger partial charge in [-0.1, -0.05) is 36.9 Å². The lowest BCUT2D eigenvalue weighted by atomic mass is 10.1. The molecule has 110 valence electrons. The Kier molecular flexibility index (Phi) is 6.60. The minimum atomic E-state index is -0.598. The minimum absolute atomic E-state index is 0.241. The van der Waals surface area contributed by atoms with Crippen molar-refractivity contribution in [1.82, 2.24) is 10.1 Å². The van der Waals surface area contributed by atoms with Crippen LogP contribution in [0.15, 0.2) is 42.1 Å². The molecule has 1 rings (SSSR count). The number of nitrogens with zero attached hydrogens (tertiary/aromatic N) is 3. The molecule has 0 aromatic heterocycles. The Morgan fingerprint density at radius 1 is 1.38 bits per heavy atom. The van der Waals surface area contributed by atoms with Gasteiger partial charge in [0.1, 0.15) is 12.1 Å². The van der Waals surface area contributed by atoms with Crippen LogP contribution in [0.5, 0.6) is 0 Å². The molecule has 0 N–H and O–H groups in total. The van der Waals surface area contributed by atoms with Crippen LogP contribution in [0, 0.1) is 0 Å². The fourth-order valence-corrected chi connectivity index (χ4v) is 1.40. The number of urea groups is 1. The smallest absolute Gasteiger partial charge is 0.265 e. The van der Waals surface area contributed by atoms with Crippen molar-refractivity contribution in [3.05, 3.63) is 48.2 Å². The van der Waals surface area contributed by atoms with Gasteiger partial charge in [0.2, 0.25) is 0 Å². The van der Waals surface area contributed by atoms with Gasteiger partial charge in [0.15, 0.2) is 0 Å². The van der Waals surface area contributed by atoms with Crippen LogP contribution in [0.3, 0.4) is 0 Å². The summed E-state index contributed by atoms with van der Waals surface area (Å²) in [6.45, 7) is 5.61. The van der Waals surface area contributed by atoms with Crippen LogP contribution in [0.4, 0.5) is 4.79 Å². The van der Waals surface area contributed by atoms with Gasteiger partial charge in [-0.15, -0.1) is 0 Å². The van der Waals surface area contributed by atoms with E-state index in [1.54, 1.807) is 13.0 Å². The number of benzene rings is 1. The van der Waals surface area contributed by atoms with E-state index in [0.717, 1.165) is 27.4 Å². The third-order valence-corrected chi connectivity index (χ3v) is 2.46. The van der Waals surface area contributed by atoms with Gasteiger partial charge in [-0.3, -0.25) is 4.84 Å². The fraction of sp³-hybridized carbons (Fsp3) is 0.200. The SMILES string of the molecule is C=Cc1ccc(C=NN(C)C(=O)N(C=C=O)OCC)cc1. The molecule has 0 saturated heterocycles. The number of rotatable bonds is 6. The lowest BCUT2D eigenvalue weighted by Gasteiger charge is -2.19. The normalized spacial score (nSPS) is 10.0. The highest BCUT2D eigenvalue weighted by Gasteiger charge is 2.16. The van der Waals surface area contributed by atoms with Crippen molar-refractivity contribution in [3.8, 4) is 0 Å². The number of hydrazone groups is 1. The summed E-state index contributed by atoms with van der Waals surface area (Å²) in [7, 11) is 1.46. The third-order valence-electron chi connectivity index (χ3n) is 2.46. The summed E-state index contributed by atoms with van der Waals surface area (Å²) < 4.78 is 0. The van der Waals surface area contributed by atoms with Gasteiger partial charge in [-0.2, -0.15) is 10.2 Å². The summed E-state index contributed by atoms with van der Waals surface area (Å²) in [5.74, 6) is 1.49. The molecule has 0 atom stereocenters. The van der Waals surface area contributed by atoms with Gasteiger partial charge in [0, 0.05) is 7.05 Å². The molecule has 0 heterocycles. The van der Waals surface area contributed by atoms with Gasteiger partial charge in [-0.25, -0.2) is 14.6 Å². The van der Waals surface area contributed by atoms with Crippen LogP contribution < -0.4 is 0 Å². The molecule has 1 aromatic rings. The van der Waals surface area contributed by atoms with Crippen molar-refractivity contribution in [2.75, 3.05) is 13.7 Å². The van der Waals surface area contributed by atoms with E-state index in [2.05, 4.69) is 11.7 Å². The molecular formula is C15H17N3O3. The summed E-state index contributed by atoms with van der Waals surface area (Å²) in [5.41, 5.74) is 1.82. The van der Waals surface area contributed by atoms with E-state index in [4.69, 9.17) is 4.84 Å². The van der Waals surface area contributed by atoms with Gasteiger partial charge in [0.05, 0.1) is 12.8 Å². The zero-order valence-electron chi connectivity index (χ0n) is 12.0. The van der Waals surface area contributed by atoms with Gasteiger partial charge in [0.25, 0.3) is 0 Å². The Morgan fingerprint density at radius 3 is 2.52 bits per heavy atom. The molecular weight excluding hydrogens is 270 g/mol. The Balaban J connectivity index is 2.75. The van der Waals surface area contributed by atoms with Crippen LogP contribution in [0.25, 0.3) is 6.08 Å². The molecule has 1 aromatic carbocycles. The first kappa shape index (κ1) is 16.4. The Morgan fingerprint density at radius 2 is 2.00 bits per heavy atom. The van der Waals surface area contributed by atoms with Crippen molar-refractivity contribution in [2.45, 2.75) is 6.92 Å². The van der Waals surface area contributed by atoms with E-state index in [1.165, 1.54) is 19.2 Å². The van der Waals surface area contributed by atoms with E-state index in [1.807, 2.05) is 24.3 Å². The Hall–Kier alpha value is -2.69. The minimum Gasteiger partial charge on any atom is -0.265 e. The second-order valence-corrected chi connectivity index (χ2v) is 3.91. The zero-order valence-corrected chi connectivity index (χ0v) is 12.0. The van der Waals surface area contributed by atoms with Crippen molar-refractivity contribution < 1.29 is 14.4 Å². The topological polar surface area (TPSA) is 62.2 Å². The van der Waals surface area contributed by atoms with E-state index >= 15 is 0 Å². The highest BCUT2D eigenvalue weighted by Crippen LogP contribution is 2.04. The maximum atomic E-state index is 11.9. The summed E-state index contributed by atoms with van der Waals surface area (Å²) in [4.78, 5) is 27.3. The predicted molar refractivity (Wildman–Crippen MR) is 81.0 cm³/mol. The average Bonchev–Trinajstić information content (AvgIpc) is 2.52.